The average molecular weight is 303 g/mol. The van der Waals surface area contributed by atoms with Crippen LogP contribution in [0, 0.1) is 5.41 Å². The zero-order valence-electron chi connectivity index (χ0n) is 13.1. The molecule has 0 atom stereocenters. The highest BCUT2D eigenvalue weighted by atomic mass is 32.2. The highest BCUT2D eigenvalue weighted by Crippen LogP contribution is 2.26. The number of imidazole rings is 1. The third-order valence-electron chi connectivity index (χ3n) is 2.97. The van der Waals surface area contributed by atoms with E-state index in [2.05, 4.69) is 36.1 Å². The molecule has 0 bridgehead atoms. The van der Waals surface area contributed by atoms with E-state index in [0.717, 1.165) is 27.3 Å². The fraction of sp³-hybridized carbons (Fsp3) is 0.400. The first-order valence-electron chi connectivity index (χ1n) is 6.70. The predicted octanol–water partition coefficient (Wildman–Crippen LogP) is 3.07. The van der Waals surface area contributed by atoms with E-state index < -0.39 is 0 Å². The van der Waals surface area contributed by atoms with Gasteiger partial charge < -0.3 is 15.3 Å². The number of pyridine rings is 1. The van der Waals surface area contributed by atoms with Crippen LogP contribution in [0.3, 0.4) is 0 Å². The molecule has 0 radical (unpaired) electrons. The van der Waals surface area contributed by atoms with Gasteiger partial charge in [-0.2, -0.15) is 0 Å². The number of hydrogen-bond donors (Lipinski definition) is 2. The van der Waals surface area contributed by atoms with Crippen LogP contribution in [0.1, 0.15) is 26.5 Å². The maximum absolute atomic E-state index is 7.64. The van der Waals surface area contributed by atoms with Crippen LogP contribution in [0.25, 0.3) is 16.6 Å². The van der Waals surface area contributed by atoms with Crippen LogP contribution < -0.4 is 5.32 Å². The first-order chi connectivity index (χ1) is 9.85. The van der Waals surface area contributed by atoms with E-state index in [0.29, 0.717) is 0 Å². The Hall–Kier alpha value is -1.82. The Kier molecular flexibility index (Phi) is 4.37. The molecular weight excluding hydrogens is 282 g/mol. The Bertz CT molecular complexity index is 694. The van der Waals surface area contributed by atoms with Crippen molar-refractivity contribution in [2.24, 2.45) is 7.05 Å². The van der Waals surface area contributed by atoms with Crippen LogP contribution in [-0.2, 0) is 7.05 Å². The van der Waals surface area contributed by atoms with E-state index in [-0.39, 0.29) is 5.54 Å². The fourth-order valence-electron chi connectivity index (χ4n) is 1.91. The monoisotopic (exact) mass is 303 g/mol. The lowest BCUT2D eigenvalue weighted by atomic mass is 10.1. The third-order valence-corrected chi connectivity index (χ3v) is 3.64. The summed E-state index contributed by atoms with van der Waals surface area (Å²) in [6.07, 6.45) is 6.95. The zero-order valence-corrected chi connectivity index (χ0v) is 13.9. The number of thioether (sulfide) groups is 1. The number of fused-ring (bicyclic) bond motifs is 1. The van der Waals surface area contributed by atoms with Crippen LogP contribution in [-0.4, -0.2) is 32.5 Å². The number of hydrogen-bond acceptors (Lipinski definition) is 5. The molecule has 0 aromatic carbocycles. The number of allylic oxidation sites excluding steroid dienone is 1. The number of nitrogens with zero attached hydrogens (tertiary/aromatic N) is 3. The van der Waals surface area contributed by atoms with Crippen molar-refractivity contribution in [3.05, 3.63) is 24.3 Å². The van der Waals surface area contributed by atoms with E-state index in [9.17, 15) is 0 Å². The molecule has 0 saturated carbocycles. The van der Waals surface area contributed by atoms with Crippen LogP contribution in [0.15, 0.2) is 23.6 Å². The smallest absolute Gasteiger partial charge is 0.122 e. The molecule has 0 aliphatic carbocycles. The minimum Gasteiger partial charge on any atom is -0.386 e. The highest BCUT2D eigenvalue weighted by molar-refractivity contribution is 7.98. The van der Waals surface area contributed by atoms with Gasteiger partial charge in [-0.25, -0.2) is 9.97 Å². The molecule has 6 heteroatoms. The Morgan fingerprint density at radius 2 is 2.14 bits per heavy atom. The van der Waals surface area contributed by atoms with E-state index >= 15 is 0 Å². The van der Waals surface area contributed by atoms with Gasteiger partial charge in [0.2, 0.25) is 0 Å². The summed E-state index contributed by atoms with van der Waals surface area (Å²) in [6.45, 7) is 6.23. The van der Waals surface area contributed by atoms with Gasteiger partial charge in [0.05, 0.1) is 17.5 Å². The van der Waals surface area contributed by atoms with Gasteiger partial charge in [0.25, 0.3) is 0 Å². The number of rotatable bonds is 4. The molecular formula is C15H21N5S. The van der Waals surface area contributed by atoms with Gasteiger partial charge in [0.15, 0.2) is 0 Å². The molecule has 0 aliphatic rings. The minimum absolute atomic E-state index is 0.0499. The normalized spacial score (nSPS) is 12.7. The number of aryl methyl sites for hydroxylation is 1. The van der Waals surface area contributed by atoms with Crippen LogP contribution >= 0.6 is 11.8 Å². The van der Waals surface area contributed by atoms with Crippen molar-refractivity contribution in [1.82, 2.24) is 19.9 Å². The maximum atomic E-state index is 7.64. The summed E-state index contributed by atoms with van der Waals surface area (Å²) in [5.41, 5.74) is 3.38. The Morgan fingerprint density at radius 3 is 2.71 bits per heavy atom. The summed E-state index contributed by atoms with van der Waals surface area (Å²) in [6, 6.07) is 1.93. The Morgan fingerprint density at radius 1 is 1.43 bits per heavy atom. The second-order valence-corrected chi connectivity index (χ2v) is 6.67. The van der Waals surface area contributed by atoms with E-state index in [4.69, 9.17) is 5.41 Å². The lowest BCUT2D eigenvalue weighted by molar-refractivity contribution is 0.492. The Labute approximate surface area is 129 Å². The molecule has 2 aromatic heterocycles. The molecule has 0 saturated heterocycles. The molecule has 0 unspecified atom stereocenters. The topological polar surface area (TPSA) is 66.6 Å². The van der Waals surface area contributed by atoms with Crippen molar-refractivity contribution in [2.45, 2.75) is 31.3 Å². The quantitative estimate of drug-likeness (QED) is 0.673. The van der Waals surface area contributed by atoms with Crippen LogP contribution in [0.5, 0.6) is 0 Å². The second kappa shape index (κ2) is 5.89. The molecule has 0 aliphatic heterocycles. The van der Waals surface area contributed by atoms with Gasteiger partial charge >= 0.3 is 0 Å². The summed E-state index contributed by atoms with van der Waals surface area (Å²) < 4.78 is 1.97. The molecule has 21 heavy (non-hydrogen) atoms. The van der Waals surface area contributed by atoms with Gasteiger partial charge in [-0.15, -0.1) is 11.8 Å². The highest BCUT2D eigenvalue weighted by Gasteiger charge is 2.13. The van der Waals surface area contributed by atoms with E-state index in [1.165, 1.54) is 6.21 Å². The zero-order chi connectivity index (χ0) is 15.6. The molecule has 2 aromatic rings. The fourth-order valence-corrected chi connectivity index (χ4v) is 2.54. The molecule has 0 spiro atoms. The molecule has 2 rings (SSSR count). The lowest BCUT2D eigenvalue weighted by Gasteiger charge is -2.19. The maximum Gasteiger partial charge on any atom is 0.122 e. The second-order valence-electron chi connectivity index (χ2n) is 5.88. The Balaban J connectivity index is 2.52. The molecule has 2 heterocycles. The van der Waals surface area contributed by atoms with Crippen molar-refractivity contribution in [3.8, 4) is 0 Å². The number of nitrogens with one attached hydrogen (secondary N) is 2. The van der Waals surface area contributed by atoms with Gasteiger partial charge in [-0.05, 0) is 33.1 Å². The summed E-state index contributed by atoms with van der Waals surface area (Å²) in [5, 5.41) is 11.8. The van der Waals surface area contributed by atoms with Gasteiger partial charge in [-0.1, -0.05) is 0 Å². The van der Waals surface area contributed by atoms with E-state index in [1.807, 2.05) is 30.1 Å². The van der Waals surface area contributed by atoms with Crippen molar-refractivity contribution < 1.29 is 0 Å². The molecule has 0 fully saturated rings. The van der Waals surface area contributed by atoms with Crippen molar-refractivity contribution in [1.29, 1.82) is 5.41 Å². The lowest BCUT2D eigenvalue weighted by Crippen LogP contribution is -2.31. The summed E-state index contributed by atoms with van der Waals surface area (Å²) in [5.74, 6) is 0. The van der Waals surface area contributed by atoms with Crippen LogP contribution in [0.4, 0.5) is 0 Å². The molecule has 112 valence electrons. The largest absolute Gasteiger partial charge is 0.386 e. The average Bonchev–Trinajstić information content (AvgIpc) is 2.79. The predicted molar refractivity (Wildman–Crippen MR) is 89.9 cm³/mol. The molecule has 0 amide bonds. The van der Waals surface area contributed by atoms with Crippen LogP contribution in [0.2, 0.25) is 0 Å². The van der Waals surface area contributed by atoms with Crippen molar-refractivity contribution in [2.75, 3.05) is 6.26 Å². The third kappa shape index (κ3) is 3.44. The first kappa shape index (κ1) is 15.6. The minimum atomic E-state index is -0.0499. The summed E-state index contributed by atoms with van der Waals surface area (Å²) >= 11 is 1.59. The standard InChI is InChI=1S/C15H21N5S/c1-15(2,3)18-8-10(7-16)11-6-12-13(14(19-11)21-5)20(4)9-17-12/h6-9,16,18H,1-5H3/b10-8+,16-7?. The van der Waals surface area contributed by atoms with Gasteiger partial charge in [0.1, 0.15) is 10.5 Å². The van der Waals surface area contributed by atoms with E-state index in [1.54, 1.807) is 18.1 Å². The summed E-state index contributed by atoms with van der Waals surface area (Å²) in [4.78, 5) is 9.07. The SMILES string of the molecule is CSc1nc(/C(C=N)=C/NC(C)(C)C)cc2ncn(C)c12. The van der Waals surface area contributed by atoms with Crippen molar-refractivity contribution in [3.63, 3.8) is 0 Å². The molecule has 5 nitrogen and oxygen atoms in total. The number of aromatic nitrogens is 3. The first-order valence-corrected chi connectivity index (χ1v) is 7.93. The van der Waals surface area contributed by atoms with Gasteiger partial charge in [0, 0.05) is 30.6 Å². The molecule has 2 N–H and O–H groups in total. The van der Waals surface area contributed by atoms with Gasteiger partial charge in [-0.3, -0.25) is 0 Å². The summed E-state index contributed by atoms with van der Waals surface area (Å²) in [7, 11) is 1.96. The van der Waals surface area contributed by atoms with Crippen molar-refractivity contribution >= 4 is 34.6 Å².